The molecule has 1 fully saturated rings. The molecule has 7 nitrogen and oxygen atoms in total. The maximum absolute atomic E-state index is 13.5. The molecule has 2 atom stereocenters. The van der Waals surface area contributed by atoms with Crippen molar-refractivity contribution in [2.45, 2.75) is 18.9 Å². The van der Waals surface area contributed by atoms with Crippen molar-refractivity contribution in [3.63, 3.8) is 0 Å². The van der Waals surface area contributed by atoms with E-state index in [2.05, 4.69) is 4.98 Å². The van der Waals surface area contributed by atoms with Gasteiger partial charge in [0.25, 0.3) is 5.69 Å². The van der Waals surface area contributed by atoms with Gasteiger partial charge in [0.15, 0.2) is 0 Å². The lowest BCUT2D eigenvalue weighted by atomic mass is 9.77. The SMILES string of the molecule is CCOc1ccc(N2C(=O)C(c3c[nH]c4ccccc34)C2c2cccc([N+](=O)[O-])c2)cc1. The van der Waals surface area contributed by atoms with Crippen LogP contribution in [0.25, 0.3) is 10.9 Å². The van der Waals surface area contributed by atoms with Crippen molar-refractivity contribution in [2.75, 3.05) is 11.5 Å². The van der Waals surface area contributed by atoms with E-state index in [1.165, 1.54) is 6.07 Å². The molecule has 1 amide bonds. The normalized spacial score (nSPS) is 17.9. The highest BCUT2D eigenvalue weighted by atomic mass is 16.6. The molecule has 0 radical (unpaired) electrons. The van der Waals surface area contributed by atoms with E-state index in [1.807, 2.05) is 67.7 Å². The second-order valence-electron chi connectivity index (χ2n) is 7.70. The highest BCUT2D eigenvalue weighted by Crippen LogP contribution is 2.50. The molecule has 0 spiro atoms. The Labute approximate surface area is 184 Å². The van der Waals surface area contributed by atoms with Gasteiger partial charge in [0, 0.05) is 34.9 Å². The first kappa shape index (κ1) is 19.8. The Morgan fingerprint density at radius 1 is 1.06 bits per heavy atom. The average Bonchev–Trinajstić information content (AvgIpc) is 3.22. The second kappa shape index (κ2) is 7.85. The summed E-state index contributed by atoms with van der Waals surface area (Å²) in [5, 5.41) is 12.4. The van der Waals surface area contributed by atoms with Crippen molar-refractivity contribution < 1.29 is 14.5 Å². The zero-order valence-corrected chi connectivity index (χ0v) is 17.4. The average molecular weight is 427 g/mol. The van der Waals surface area contributed by atoms with Crippen LogP contribution in [-0.4, -0.2) is 22.4 Å². The Kier molecular flexibility index (Phi) is 4.86. The maximum atomic E-state index is 13.5. The van der Waals surface area contributed by atoms with Crippen molar-refractivity contribution in [1.29, 1.82) is 0 Å². The van der Waals surface area contributed by atoms with Gasteiger partial charge < -0.3 is 14.6 Å². The number of nitro benzene ring substituents is 1. The van der Waals surface area contributed by atoms with Gasteiger partial charge in [-0.25, -0.2) is 0 Å². The number of benzene rings is 3. The van der Waals surface area contributed by atoms with Gasteiger partial charge in [-0.2, -0.15) is 0 Å². The summed E-state index contributed by atoms with van der Waals surface area (Å²) in [6, 6.07) is 21.3. The number of hydrogen-bond donors (Lipinski definition) is 1. The molecule has 2 heterocycles. The Hall–Kier alpha value is -4.13. The van der Waals surface area contributed by atoms with E-state index < -0.39 is 10.8 Å². The fourth-order valence-electron chi connectivity index (χ4n) is 4.46. The molecular formula is C25H21N3O4. The van der Waals surface area contributed by atoms with Gasteiger partial charge in [0.2, 0.25) is 5.91 Å². The largest absolute Gasteiger partial charge is 0.494 e. The summed E-state index contributed by atoms with van der Waals surface area (Å²) >= 11 is 0. The van der Waals surface area contributed by atoms with Gasteiger partial charge in [-0.3, -0.25) is 14.9 Å². The molecule has 0 aliphatic carbocycles. The highest BCUT2D eigenvalue weighted by Gasteiger charge is 2.50. The minimum atomic E-state index is -0.445. The second-order valence-corrected chi connectivity index (χ2v) is 7.70. The number of ether oxygens (including phenoxy) is 1. The lowest BCUT2D eigenvalue weighted by molar-refractivity contribution is -0.384. The van der Waals surface area contributed by atoms with Gasteiger partial charge in [-0.05, 0) is 48.4 Å². The number of aromatic amines is 1. The molecule has 1 N–H and O–H groups in total. The summed E-state index contributed by atoms with van der Waals surface area (Å²) < 4.78 is 5.52. The lowest BCUT2D eigenvalue weighted by Gasteiger charge is -2.47. The number of non-ortho nitro benzene ring substituents is 1. The van der Waals surface area contributed by atoms with E-state index in [9.17, 15) is 14.9 Å². The van der Waals surface area contributed by atoms with Crippen molar-refractivity contribution in [3.8, 4) is 5.75 Å². The Balaban J connectivity index is 1.60. The quantitative estimate of drug-likeness (QED) is 0.255. The molecule has 32 heavy (non-hydrogen) atoms. The molecule has 5 rings (SSSR count). The molecule has 0 bridgehead atoms. The van der Waals surface area contributed by atoms with Crippen molar-refractivity contribution in [1.82, 2.24) is 4.98 Å². The minimum absolute atomic E-state index is 0.00571. The summed E-state index contributed by atoms with van der Waals surface area (Å²) in [5.41, 5.74) is 3.30. The predicted molar refractivity (Wildman–Crippen MR) is 122 cm³/mol. The number of aromatic nitrogens is 1. The third kappa shape index (κ3) is 3.19. The van der Waals surface area contributed by atoms with Crippen LogP contribution in [0.1, 0.15) is 30.0 Å². The fourth-order valence-corrected chi connectivity index (χ4v) is 4.46. The van der Waals surface area contributed by atoms with Gasteiger partial charge in [0.05, 0.1) is 23.5 Å². The highest BCUT2D eigenvalue weighted by molar-refractivity contribution is 6.08. The molecule has 160 valence electrons. The van der Waals surface area contributed by atoms with Gasteiger partial charge in [0.1, 0.15) is 5.75 Å². The number of anilines is 1. The minimum Gasteiger partial charge on any atom is -0.494 e. The van der Waals surface area contributed by atoms with Crippen molar-refractivity contribution >= 4 is 28.2 Å². The number of H-pyrrole nitrogens is 1. The van der Waals surface area contributed by atoms with Crippen LogP contribution in [0.3, 0.4) is 0 Å². The Morgan fingerprint density at radius 3 is 2.59 bits per heavy atom. The summed E-state index contributed by atoms with van der Waals surface area (Å²) in [6.45, 7) is 2.47. The molecule has 1 aromatic heterocycles. The number of carbonyl (C=O) groups excluding carboxylic acids is 1. The summed E-state index contributed by atoms with van der Waals surface area (Å²) in [4.78, 5) is 29.4. The number of fused-ring (bicyclic) bond motifs is 1. The zero-order chi connectivity index (χ0) is 22.2. The molecular weight excluding hydrogens is 406 g/mol. The number of amides is 1. The van der Waals surface area contributed by atoms with Crippen molar-refractivity contribution in [2.24, 2.45) is 0 Å². The van der Waals surface area contributed by atoms with Gasteiger partial charge in [-0.15, -0.1) is 0 Å². The summed E-state index contributed by atoms with van der Waals surface area (Å²) in [5.74, 6) is 0.236. The van der Waals surface area contributed by atoms with E-state index in [-0.39, 0.29) is 17.6 Å². The van der Waals surface area contributed by atoms with Crippen LogP contribution in [-0.2, 0) is 4.79 Å². The number of hydrogen-bond acceptors (Lipinski definition) is 4. The number of para-hydroxylation sites is 1. The first-order chi connectivity index (χ1) is 15.6. The van der Waals surface area contributed by atoms with Crippen LogP contribution in [0.2, 0.25) is 0 Å². The van der Waals surface area contributed by atoms with E-state index in [4.69, 9.17) is 4.74 Å². The van der Waals surface area contributed by atoms with Crippen molar-refractivity contribution in [3.05, 3.63) is 100 Å². The molecule has 1 aliphatic rings. The molecule has 3 aromatic carbocycles. The van der Waals surface area contributed by atoms with Gasteiger partial charge in [-0.1, -0.05) is 30.3 Å². The third-order valence-electron chi connectivity index (χ3n) is 5.90. The smallest absolute Gasteiger partial charge is 0.269 e. The van der Waals surface area contributed by atoms with Gasteiger partial charge >= 0.3 is 0 Å². The molecule has 4 aromatic rings. The van der Waals surface area contributed by atoms with E-state index in [0.717, 1.165) is 33.5 Å². The van der Waals surface area contributed by atoms with E-state index >= 15 is 0 Å². The molecule has 7 heteroatoms. The maximum Gasteiger partial charge on any atom is 0.269 e. The fraction of sp³-hybridized carbons (Fsp3) is 0.160. The first-order valence-electron chi connectivity index (χ1n) is 10.4. The number of β-lactam (4-membered cyclic amide) rings is 1. The predicted octanol–water partition coefficient (Wildman–Crippen LogP) is 5.35. The van der Waals surface area contributed by atoms with E-state index in [0.29, 0.717) is 6.61 Å². The third-order valence-corrected chi connectivity index (χ3v) is 5.90. The summed E-state index contributed by atoms with van der Waals surface area (Å²) in [6.07, 6.45) is 1.87. The topological polar surface area (TPSA) is 88.5 Å². The number of rotatable bonds is 6. The monoisotopic (exact) mass is 427 g/mol. The van der Waals surface area contributed by atoms with Crippen LogP contribution in [0.15, 0.2) is 79.0 Å². The lowest BCUT2D eigenvalue weighted by Crippen LogP contribution is -2.53. The van der Waals surface area contributed by atoms with E-state index in [1.54, 1.807) is 17.0 Å². The summed E-state index contributed by atoms with van der Waals surface area (Å²) in [7, 11) is 0. The number of nitrogens with zero attached hydrogens (tertiary/aromatic N) is 2. The zero-order valence-electron chi connectivity index (χ0n) is 17.4. The molecule has 0 saturated carbocycles. The number of nitro groups is 1. The van der Waals surface area contributed by atoms with Crippen LogP contribution < -0.4 is 9.64 Å². The first-order valence-corrected chi connectivity index (χ1v) is 10.4. The Bertz CT molecular complexity index is 1310. The van der Waals surface area contributed by atoms with Crippen LogP contribution in [0.4, 0.5) is 11.4 Å². The van der Waals surface area contributed by atoms with Crippen LogP contribution in [0, 0.1) is 10.1 Å². The van der Waals surface area contributed by atoms with Crippen LogP contribution in [0.5, 0.6) is 5.75 Å². The molecule has 2 unspecified atom stereocenters. The number of nitrogens with one attached hydrogen (secondary N) is 1. The Morgan fingerprint density at radius 2 is 1.84 bits per heavy atom. The van der Waals surface area contributed by atoms with Crippen LogP contribution >= 0.6 is 0 Å². The molecule has 1 saturated heterocycles. The standard InChI is InChI=1S/C25H21N3O4/c1-2-32-19-12-10-17(11-13-19)27-24(16-6-5-7-18(14-16)28(30)31)23(25(27)29)21-15-26-22-9-4-3-8-20(21)22/h3-15,23-24,26H,2H2,1H3. The number of carbonyl (C=O) groups is 1. The molecule has 1 aliphatic heterocycles.